The van der Waals surface area contributed by atoms with Gasteiger partial charge in [-0.3, -0.25) is 4.79 Å². The molecule has 148 valence electrons. The summed E-state index contributed by atoms with van der Waals surface area (Å²) in [4.78, 5) is 12.4. The molecule has 1 atom stereocenters. The smallest absolute Gasteiger partial charge is 0.255 e. The van der Waals surface area contributed by atoms with Crippen molar-refractivity contribution in [1.29, 1.82) is 0 Å². The Morgan fingerprint density at radius 1 is 0.931 bits per heavy atom. The summed E-state index contributed by atoms with van der Waals surface area (Å²) >= 11 is 17.5. The van der Waals surface area contributed by atoms with E-state index in [1.165, 1.54) is 0 Å². The Labute approximate surface area is 185 Å². The van der Waals surface area contributed by atoms with E-state index in [1.54, 1.807) is 30.3 Å². The van der Waals surface area contributed by atoms with E-state index in [1.807, 2.05) is 49.4 Å². The number of rotatable bonds is 5. The summed E-state index contributed by atoms with van der Waals surface area (Å²) in [5, 5.41) is 10.7. The standard InChI is InChI=1S/C22H19Cl2N3OS/c1-14(25-22(29)27-20-11-10-17(23)13-19(20)24)16-8-5-9-18(12-16)26-21(28)15-6-3-2-4-7-15/h2-14H,1H3,(H,26,28)(H2,25,27,29). The zero-order valence-electron chi connectivity index (χ0n) is 15.6. The van der Waals surface area contributed by atoms with Crippen LogP contribution in [0, 0.1) is 0 Å². The van der Waals surface area contributed by atoms with Crippen molar-refractivity contribution in [3.8, 4) is 0 Å². The van der Waals surface area contributed by atoms with Crippen LogP contribution in [0.15, 0.2) is 72.8 Å². The number of carbonyl (C=O) groups is 1. The van der Waals surface area contributed by atoms with Crippen LogP contribution in [-0.4, -0.2) is 11.0 Å². The van der Waals surface area contributed by atoms with E-state index in [9.17, 15) is 4.79 Å². The Morgan fingerprint density at radius 2 is 1.69 bits per heavy atom. The number of thiocarbonyl (C=S) groups is 1. The second kappa shape index (κ2) is 9.74. The average molecular weight is 444 g/mol. The summed E-state index contributed by atoms with van der Waals surface area (Å²) in [6.45, 7) is 1.98. The molecule has 0 saturated heterocycles. The number of nitrogens with one attached hydrogen (secondary N) is 3. The van der Waals surface area contributed by atoms with Gasteiger partial charge < -0.3 is 16.0 Å². The molecule has 4 nitrogen and oxygen atoms in total. The molecule has 0 aliphatic carbocycles. The third-order valence-electron chi connectivity index (χ3n) is 4.21. The van der Waals surface area contributed by atoms with Gasteiger partial charge in [0, 0.05) is 16.3 Å². The van der Waals surface area contributed by atoms with E-state index >= 15 is 0 Å². The molecule has 3 N–H and O–H groups in total. The molecule has 1 amide bonds. The largest absolute Gasteiger partial charge is 0.356 e. The van der Waals surface area contributed by atoms with Gasteiger partial charge in [0.15, 0.2) is 5.11 Å². The molecule has 7 heteroatoms. The summed E-state index contributed by atoms with van der Waals surface area (Å²) < 4.78 is 0. The van der Waals surface area contributed by atoms with Crippen LogP contribution in [-0.2, 0) is 0 Å². The lowest BCUT2D eigenvalue weighted by Crippen LogP contribution is -2.31. The maximum Gasteiger partial charge on any atom is 0.255 e. The fourth-order valence-electron chi connectivity index (χ4n) is 2.71. The first kappa shape index (κ1) is 21.1. The van der Waals surface area contributed by atoms with E-state index in [4.69, 9.17) is 35.4 Å². The van der Waals surface area contributed by atoms with Crippen LogP contribution >= 0.6 is 35.4 Å². The van der Waals surface area contributed by atoms with Crippen molar-refractivity contribution in [2.24, 2.45) is 0 Å². The van der Waals surface area contributed by atoms with E-state index in [2.05, 4.69) is 16.0 Å². The summed E-state index contributed by atoms with van der Waals surface area (Å²) in [6, 6.07) is 21.8. The van der Waals surface area contributed by atoms with E-state index in [0.717, 1.165) is 5.56 Å². The third-order valence-corrected chi connectivity index (χ3v) is 4.98. The van der Waals surface area contributed by atoms with Crippen LogP contribution < -0.4 is 16.0 Å². The Bertz CT molecular complexity index is 1030. The van der Waals surface area contributed by atoms with Crippen LogP contribution in [0.2, 0.25) is 10.0 Å². The van der Waals surface area contributed by atoms with Crippen LogP contribution in [0.3, 0.4) is 0 Å². The Hall–Kier alpha value is -2.60. The van der Waals surface area contributed by atoms with Gasteiger partial charge in [-0.15, -0.1) is 0 Å². The van der Waals surface area contributed by atoms with Crippen molar-refractivity contribution in [3.05, 3.63) is 94.0 Å². The Morgan fingerprint density at radius 3 is 2.41 bits per heavy atom. The second-order valence-corrected chi connectivity index (χ2v) is 7.64. The summed E-state index contributed by atoms with van der Waals surface area (Å²) in [7, 11) is 0. The number of benzene rings is 3. The van der Waals surface area contributed by atoms with Crippen molar-refractivity contribution in [2.75, 3.05) is 10.6 Å². The number of amides is 1. The van der Waals surface area contributed by atoms with Gasteiger partial charge in [-0.1, -0.05) is 53.5 Å². The molecule has 0 bridgehead atoms. The predicted octanol–water partition coefficient (Wildman–Crippen LogP) is 6.29. The van der Waals surface area contributed by atoms with Crippen LogP contribution in [0.25, 0.3) is 0 Å². The van der Waals surface area contributed by atoms with Crippen molar-refractivity contribution >= 4 is 57.8 Å². The molecule has 1 unspecified atom stereocenters. The number of halogens is 2. The minimum Gasteiger partial charge on any atom is -0.356 e. The molecule has 29 heavy (non-hydrogen) atoms. The van der Waals surface area contributed by atoms with Crippen LogP contribution in [0.4, 0.5) is 11.4 Å². The molecule has 0 fully saturated rings. The van der Waals surface area contributed by atoms with Crippen molar-refractivity contribution in [1.82, 2.24) is 5.32 Å². The lowest BCUT2D eigenvalue weighted by atomic mass is 10.1. The molecule has 0 radical (unpaired) electrons. The maximum absolute atomic E-state index is 12.4. The first-order chi connectivity index (χ1) is 13.9. The van der Waals surface area contributed by atoms with Gasteiger partial charge in [0.25, 0.3) is 5.91 Å². The fourth-order valence-corrected chi connectivity index (χ4v) is 3.45. The van der Waals surface area contributed by atoms with E-state index < -0.39 is 0 Å². The molecule has 3 rings (SSSR count). The number of hydrogen-bond donors (Lipinski definition) is 3. The monoisotopic (exact) mass is 443 g/mol. The Kier molecular flexibility index (Phi) is 7.09. The summed E-state index contributed by atoms with van der Waals surface area (Å²) in [5.74, 6) is -0.155. The highest BCUT2D eigenvalue weighted by molar-refractivity contribution is 7.80. The zero-order chi connectivity index (χ0) is 20.8. The lowest BCUT2D eigenvalue weighted by molar-refractivity contribution is 0.102. The lowest BCUT2D eigenvalue weighted by Gasteiger charge is -2.19. The number of hydrogen-bond acceptors (Lipinski definition) is 2. The predicted molar refractivity (Wildman–Crippen MR) is 125 cm³/mol. The molecule has 0 aromatic heterocycles. The summed E-state index contributed by atoms with van der Waals surface area (Å²) in [5.41, 5.74) is 2.96. The minimum atomic E-state index is -0.155. The first-order valence-corrected chi connectivity index (χ1v) is 10.1. The fraction of sp³-hybridized carbons (Fsp3) is 0.0909. The van der Waals surface area contributed by atoms with E-state index in [0.29, 0.717) is 32.1 Å². The highest BCUT2D eigenvalue weighted by Gasteiger charge is 2.11. The van der Waals surface area contributed by atoms with E-state index in [-0.39, 0.29) is 11.9 Å². The highest BCUT2D eigenvalue weighted by atomic mass is 35.5. The van der Waals surface area contributed by atoms with Gasteiger partial charge in [0.1, 0.15) is 0 Å². The topological polar surface area (TPSA) is 53.2 Å². The molecule has 0 heterocycles. The first-order valence-electron chi connectivity index (χ1n) is 8.91. The van der Waals surface area contributed by atoms with Gasteiger partial charge in [-0.05, 0) is 67.2 Å². The van der Waals surface area contributed by atoms with Crippen molar-refractivity contribution in [3.63, 3.8) is 0 Å². The van der Waals surface area contributed by atoms with Crippen LogP contribution in [0.5, 0.6) is 0 Å². The molecule has 3 aromatic carbocycles. The van der Waals surface area contributed by atoms with Gasteiger partial charge in [-0.2, -0.15) is 0 Å². The molecule has 0 aliphatic rings. The number of anilines is 2. The van der Waals surface area contributed by atoms with Gasteiger partial charge in [0.2, 0.25) is 0 Å². The summed E-state index contributed by atoms with van der Waals surface area (Å²) in [6.07, 6.45) is 0. The van der Waals surface area contributed by atoms with Gasteiger partial charge in [0.05, 0.1) is 16.8 Å². The second-order valence-electron chi connectivity index (χ2n) is 6.39. The maximum atomic E-state index is 12.4. The minimum absolute atomic E-state index is 0.0883. The van der Waals surface area contributed by atoms with Gasteiger partial charge >= 0.3 is 0 Å². The van der Waals surface area contributed by atoms with Crippen molar-refractivity contribution in [2.45, 2.75) is 13.0 Å². The molecular formula is C22H19Cl2N3OS. The highest BCUT2D eigenvalue weighted by Crippen LogP contribution is 2.25. The molecule has 3 aromatic rings. The molecule has 0 aliphatic heterocycles. The van der Waals surface area contributed by atoms with Crippen LogP contribution in [0.1, 0.15) is 28.9 Å². The van der Waals surface area contributed by atoms with Crippen molar-refractivity contribution < 1.29 is 4.79 Å². The SMILES string of the molecule is CC(NC(=S)Nc1ccc(Cl)cc1Cl)c1cccc(NC(=O)c2ccccc2)c1. The average Bonchev–Trinajstić information content (AvgIpc) is 2.71. The number of carbonyl (C=O) groups excluding carboxylic acids is 1. The third kappa shape index (κ3) is 5.94. The zero-order valence-corrected chi connectivity index (χ0v) is 17.9. The van der Waals surface area contributed by atoms with Gasteiger partial charge in [-0.25, -0.2) is 0 Å². The molecule has 0 spiro atoms. The Balaban J connectivity index is 1.63. The molecule has 0 saturated carbocycles. The quantitative estimate of drug-likeness (QED) is 0.405. The normalized spacial score (nSPS) is 11.4. The molecular weight excluding hydrogens is 425 g/mol.